The highest BCUT2D eigenvalue weighted by atomic mass is 32.2. The highest BCUT2D eigenvalue weighted by Gasteiger charge is 2.38. The number of piperazine rings is 1. The molecule has 0 aromatic heterocycles. The number of carbonyl (C=O) groups excluding carboxylic acids is 2. The maximum atomic E-state index is 13.1. The van der Waals surface area contributed by atoms with Gasteiger partial charge in [0.05, 0.1) is 22.7 Å². The van der Waals surface area contributed by atoms with Crippen LogP contribution in [0.1, 0.15) is 12.5 Å². The lowest BCUT2D eigenvalue weighted by Gasteiger charge is -2.38. The molecule has 34 heavy (non-hydrogen) atoms. The zero-order valence-electron chi connectivity index (χ0n) is 18.2. The van der Waals surface area contributed by atoms with Crippen LogP contribution >= 0.6 is 0 Å². The second-order valence-corrected chi connectivity index (χ2v) is 9.90. The third kappa shape index (κ3) is 4.60. The Morgan fingerprint density at radius 3 is 2.32 bits per heavy atom. The topological polar surface area (TPSA) is 87.2 Å². The van der Waals surface area contributed by atoms with Crippen molar-refractivity contribution in [1.29, 1.82) is 0 Å². The quantitative estimate of drug-likeness (QED) is 0.650. The Bertz CT molecular complexity index is 1210. The van der Waals surface area contributed by atoms with Crippen LogP contribution in [0.2, 0.25) is 0 Å². The van der Waals surface area contributed by atoms with Crippen molar-refractivity contribution in [3.8, 4) is 5.75 Å². The number of nitrogens with zero attached hydrogens (tertiary/aromatic N) is 3. The number of sulfonamides is 1. The van der Waals surface area contributed by atoms with Gasteiger partial charge in [0.1, 0.15) is 5.75 Å². The van der Waals surface area contributed by atoms with E-state index in [2.05, 4.69) is 0 Å². The summed E-state index contributed by atoms with van der Waals surface area (Å²) in [4.78, 5) is 27.6. The highest BCUT2D eigenvalue weighted by Crippen LogP contribution is 2.34. The van der Waals surface area contributed by atoms with Crippen LogP contribution in [0.25, 0.3) is 0 Å². The van der Waals surface area contributed by atoms with Crippen LogP contribution in [0.15, 0.2) is 53.4 Å². The Labute approximate surface area is 194 Å². The summed E-state index contributed by atoms with van der Waals surface area (Å²) in [6.45, 7) is 1.33. The first-order chi connectivity index (χ1) is 16.0. The lowest BCUT2D eigenvalue weighted by molar-refractivity contribution is -0.140. The molecule has 1 saturated heterocycles. The van der Waals surface area contributed by atoms with Crippen LogP contribution in [0.3, 0.4) is 0 Å². The number of alkyl halides is 3. The van der Waals surface area contributed by atoms with Gasteiger partial charge in [-0.05, 0) is 30.3 Å². The molecule has 1 atom stereocenters. The molecule has 0 N–H and O–H groups in total. The number of benzene rings is 2. The molecule has 8 nitrogen and oxygen atoms in total. The van der Waals surface area contributed by atoms with E-state index in [-0.39, 0.29) is 38.6 Å². The molecule has 2 amide bonds. The van der Waals surface area contributed by atoms with Crippen LogP contribution in [-0.2, 0) is 25.8 Å². The number of hydrogen-bond donors (Lipinski definition) is 0. The third-order valence-corrected chi connectivity index (χ3v) is 7.67. The van der Waals surface area contributed by atoms with Gasteiger partial charge in [-0.2, -0.15) is 17.5 Å². The molecule has 2 aromatic carbocycles. The zero-order chi connectivity index (χ0) is 24.7. The van der Waals surface area contributed by atoms with Gasteiger partial charge in [0.15, 0.2) is 6.10 Å². The van der Waals surface area contributed by atoms with Crippen LogP contribution < -0.4 is 9.64 Å². The van der Waals surface area contributed by atoms with Crippen molar-refractivity contribution in [1.82, 2.24) is 9.21 Å². The number of ether oxygens (including phenoxy) is 1. The van der Waals surface area contributed by atoms with E-state index in [1.54, 1.807) is 24.3 Å². The van der Waals surface area contributed by atoms with Crippen molar-refractivity contribution in [2.75, 3.05) is 37.6 Å². The van der Waals surface area contributed by atoms with Gasteiger partial charge in [0.25, 0.3) is 5.91 Å². The molecule has 12 heteroatoms. The fourth-order valence-electron chi connectivity index (χ4n) is 4.00. The van der Waals surface area contributed by atoms with Gasteiger partial charge in [0.2, 0.25) is 15.9 Å². The number of hydrogen-bond acceptors (Lipinski definition) is 5. The first kappa shape index (κ1) is 24.0. The number of anilines is 1. The van der Waals surface area contributed by atoms with Gasteiger partial charge in [-0.1, -0.05) is 18.2 Å². The normalized spacial score (nSPS) is 19.4. The standard InChI is InChI=1S/C22H22F3N3O5S/c1-15(29)28-14-20(33-19-8-3-2-7-18(19)28)21(30)26-9-11-27(12-10-26)34(31,32)17-6-4-5-16(13-17)22(23,24)25/h2-8,13,20H,9-12,14H2,1H3. The Kier molecular flexibility index (Phi) is 6.30. The molecule has 1 unspecified atom stereocenters. The molecule has 0 bridgehead atoms. The Morgan fingerprint density at radius 2 is 1.68 bits per heavy atom. The zero-order valence-corrected chi connectivity index (χ0v) is 19.0. The van der Waals surface area contributed by atoms with E-state index < -0.39 is 38.7 Å². The predicted molar refractivity (Wildman–Crippen MR) is 116 cm³/mol. The Balaban J connectivity index is 1.45. The number of halogens is 3. The van der Waals surface area contributed by atoms with Crippen molar-refractivity contribution < 1.29 is 35.9 Å². The lowest BCUT2D eigenvalue weighted by Crippen LogP contribution is -2.56. The van der Waals surface area contributed by atoms with E-state index >= 15 is 0 Å². The molecule has 1 fully saturated rings. The molecular formula is C22H22F3N3O5S. The van der Waals surface area contributed by atoms with Gasteiger partial charge in [-0.3, -0.25) is 9.59 Å². The van der Waals surface area contributed by atoms with Gasteiger partial charge in [0, 0.05) is 33.1 Å². The first-order valence-corrected chi connectivity index (χ1v) is 11.9. The maximum absolute atomic E-state index is 13.1. The molecule has 4 rings (SSSR count). The SMILES string of the molecule is CC(=O)N1CC(C(=O)N2CCN(S(=O)(=O)c3cccc(C(F)(F)F)c3)CC2)Oc2ccccc21. The average molecular weight is 497 g/mol. The van der Waals surface area contributed by atoms with E-state index in [0.29, 0.717) is 17.5 Å². The third-order valence-electron chi connectivity index (χ3n) is 5.78. The minimum Gasteiger partial charge on any atom is -0.476 e. The fraction of sp³-hybridized carbons (Fsp3) is 0.364. The summed E-state index contributed by atoms with van der Waals surface area (Å²) in [7, 11) is -4.17. The molecule has 0 radical (unpaired) electrons. The number of fused-ring (bicyclic) bond motifs is 1. The largest absolute Gasteiger partial charge is 0.476 e. The molecular weight excluding hydrogens is 475 g/mol. The molecule has 2 aliphatic heterocycles. The Hall–Kier alpha value is -3.12. The molecule has 2 aliphatic rings. The number of para-hydroxylation sites is 2. The van der Waals surface area contributed by atoms with E-state index in [4.69, 9.17) is 4.74 Å². The smallest absolute Gasteiger partial charge is 0.416 e. The van der Waals surface area contributed by atoms with E-state index in [0.717, 1.165) is 22.5 Å². The molecule has 2 aromatic rings. The van der Waals surface area contributed by atoms with E-state index in [9.17, 15) is 31.2 Å². The fourth-order valence-corrected chi connectivity index (χ4v) is 5.46. The summed E-state index contributed by atoms with van der Waals surface area (Å²) >= 11 is 0. The summed E-state index contributed by atoms with van der Waals surface area (Å²) < 4.78 is 71.6. The van der Waals surface area contributed by atoms with Crippen molar-refractivity contribution in [3.63, 3.8) is 0 Å². The van der Waals surface area contributed by atoms with Gasteiger partial charge < -0.3 is 14.5 Å². The van der Waals surface area contributed by atoms with Crippen LogP contribution in [0.4, 0.5) is 18.9 Å². The number of rotatable bonds is 3. The van der Waals surface area contributed by atoms with E-state index in [1.165, 1.54) is 16.7 Å². The summed E-state index contributed by atoms with van der Waals surface area (Å²) in [5.74, 6) is -0.240. The van der Waals surface area contributed by atoms with Crippen molar-refractivity contribution in [3.05, 3.63) is 54.1 Å². The van der Waals surface area contributed by atoms with Crippen molar-refractivity contribution in [2.24, 2.45) is 0 Å². The minimum absolute atomic E-state index is 0.0218. The van der Waals surface area contributed by atoms with E-state index in [1.807, 2.05) is 0 Å². The van der Waals surface area contributed by atoms with Gasteiger partial charge in [-0.15, -0.1) is 0 Å². The second kappa shape index (κ2) is 8.91. The maximum Gasteiger partial charge on any atom is 0.416 e. The molecule has 2 heterocycles. The summed E-state index contributed by atoms with van der Waals surface area (Å²) in [6, 6.07) is 10.4. The van der Waals surface area contributed by atoms with Gasteiger partial charge >= 0.3 is 6.18 Å². The summed E-state index contributed by atoms with van der Waals surface area (Å²) in [5, 5.41) is 0. The molecule has 182 valence electrons. The average Bonchev–Trinajstić information content (AvgIpc) is 2.82. The predicted octanol–water partition coefficient (Wildman–Crippen LogP) is 2.35. The first-order valence-electron chi connectivity index (χ1n) is 10.5. The highest BCUT2D eigenvalue weighted by molar-refractivity contribution is 7.89. The van der Waals surface area contributed by atoms with Crippen molar-refractivity contribution >= 4 is 27.5 Å². The molecule has 0 aliphatic carbocycles. The summed E-state index contributed by atoms with van der Waals surface area (Å²) in [6.07, 6.45) is -5.62. The summed E-state index contributed by atoms with van der Waals surface area (Å²) in [5.41, 5.74) is -0.483. The van der Waals surface area contributed by atoms with Crippen LogP contribution in [0.5, 0.6) is 5.75 Å². The lowest BCUT2D eigenvalue weighted by atomic mass is 10.1. The van der Waals surface area contributed by atoms with Crippen LogP contribution in [-0.4, -0.2) is 68.3 Å². The van der Waals surface area contributed by atoms with Gasteiger partial charge in [-0.25, -0.2) is 8.42 Å². The Morgan fingerprint density at radius 1 is 1.00 bits per heavy atom. The molecule has 0 spiro atoms. The number of carbonyl (C=O) groups is 2. The number of amides is 2. The monoisotopic (exact) mass is 497 g/mol. The molecule has 0 saturated carbocycles. The van der Waals surface area contributed by atoms with Crippen molar-refractivity contribution in [2.45, 2.75) is 24.1 Å². The second-order valence-electron chi connectivity index (χ2n) is 7.96. The van der Waals surface area contributed by atoms with Crippen LogP contribution in [0, 0.1) is 0 Å². The minimum atomic E-state index is -4.66.